The van der Waals surface area contributed by atoms with E-state index in [0.29, 0.717) is 35.6 Å². The molecule has 0 saturated heterocycles. The standard InChI is InChI=1S/C13H19N3O2/c1-3-8-5-11(8)16-12-10(13(17)18-4-2)6-9(14)7-15-12/h6-8,11H,3-5,14H2,1-2H3,(H,15,16). The predicted octanol–water partition coefficient (Wildman–Crippen LogP) is 2.05. The molecule has 2 rings (SSSR count). The number of aromatic nitrogens is 1. The maximum absolute atomic E-state index is 11.8. The van der Waals surface area contributed by atoms with Crippen molar-refractivity contribution < 1.29 is 9.53 Å². The summed E-state index contributed by atoms with van der Waals surface area (Å²) in [5, 5.41) is 3.28. The summed E-state index contributed by atoms with van der Waals surface area (Å²) in [7, 11) is 0. The Kier molecular flexibility index (Phi) is 3.69. The summed E-state index contributed by atoms with van der Waals surface area (Å²) in [6, 6.07) is 2.02. The number of nitrogens with two attached hydrogens (primary N) is 1. The number of nitrogens with one attached hydrogen (secondary N) is 1. The number of nitrogen functional groups attached to an aromatic ring is 1. The van der Waals surface area contributed by atoms with Crippen LogP contribution in [0, 0.1) is 5.92 Å². The SMILES string of the molecule is CCOC(=O)c1cc(N)cnc1NC1CC1CC. The van der Waals surface area contributed by atoms with Crippen molar-refractivity contribution in [2.45, 2.75) is 32.7 Å². The van der Waals surface area contributed by atoms with E-state index in [1.54, 1.807) is 19.2 Å². The third kappa shape index (κ3) is 2.72. The molecular formula is C13H19N3O2. The fraction of sp³-hybridized carbons (Fsp3) is 0.538. The van der Waals surface area contributed by atoms with Crippen molar-refractivity contribution in [2.75, 3.05) is 17.7 Å². The first kappa shape index (κ1) is 12.7. The molecule has 1 aliphatic carbocycles. The van der Waals surface area contributed by atoms with Crippen LogP contribution >= 0.6 is 0 Å². The van der Waals surface area contributed by atoms with E-state index in [9.17, 15) is 4.79 Å². The minimum absolute atomic E-state index is 0.341. The molecular weight excluding hydrogens is 230 g/mol. The lowest BCUT2D eigenvalue weighted by atomic mass is 10.2. The maximum atomic E-state index is 11.8. The highest BCUT2D eigenvalue weighted by Gasteiger charge is 2.36. The number of hydrogen-bond acceptors (Lipinski definition) is 5. The summed E-state index contributed by atoms with van der Waals surface area (Å²) in [4.78, 5) is 16.0. The van der Waals surface area contributed by atoms with Gasteiger partial charge in [-0.3, -0.25) is 0 Å². The lowest BCUT2D eigenvalue weighted by Gasteiger charge is -2.10. The van der Waals surface area contributed by atoms with Crippen LogP contribution in [0.15, 0.2) is 12.3 Å². The Morgan fingerprint density at radius 3 is 3.00 bits per heavy atom. The molecule has 0 bridgehead atoms. The topological polar surface area (TPSA) is 77.2 Å². The van der Waals surface area contributed by atoms with Gasteiger partial charge in [0.25, 0.3) is 0 Å². The van der Waals surface area contributed by atoms with Gasteiger partial charge in [0.15, 0.2) is 0 Å². The third-order valence-corrected chi connectivity index (χ3v) is 3.17. The molecule has 0 radical (unpaired) electrons. The molecule has 0 aliphatic heterocycles. The normalized spacial score (nSPS) is 21.4. The Morgan fingerprint density at radius 1 is 1.61 bits per heavy atom. The number of anilines is 2. The lowest BCUT2D eigenvalue weighted by molar-refractivity contribution is 0.0527. The van der Waals surface area contributed by atoms with E-state index in [2.05, 4.69) is 17.2 Å². The molecule has 98 valence electrons. The number of nitrogens with zero attached hydrogens (tertiary/aromatic N) is 1. The predicted molar refractivity (Wildman–Crippen MR) is 70.4 cm³/mol. The van der Waals surface area contributed by atoms with Crippen molar-refractivity contribution >= 4 is 17.5 Å². The van der Waals surface area contributed by atoms with Crippen molar-refractivity contribution in [1.29, 1.82) is 0 Å². The second kappa shape index (κ2) is 5.25. The molecule has 0 amide bonds. The molecule has 3 N–H and O–H groups in total. The summed E-state index contributed by atoms with van der Waals surface area (Å²) < 4.78 is 5.00. The first-order valence-electron chi connectivity index (χ1n) is 6.34. The quantitative estimate of drug-likeness (QED) is 0.781. The van der Waals surface area contributed by atoms with Gasteiger partial charge in [-0.2, -0.15) is 0 Å². The zero-order valence-electron chi connectivity index (χ0n) is 10.8. The number of pyridine rings is 1. The van der Waals surface area contributed by atoms with E-state index in [0.717, 1.165) is 12.8 Å². The molecule has 1 heterocycles. The summed E-state index contributed by atoms with van der Waals surface area (Å²) in [6.45, 7) is 4.28. The monoisotopic (exact) mass is 249 g/mol. The van der Waals surface area contributed by atoms with E-state index in [4.69, 9.17) is 10.5 Å². The second-order valence-electron chi connectivity index (χ2n) is 4.54. The van der Waals surface area contributed by atoms with Crippen LogP contribution in [0.3, 0.4) is 0 Å². The number of carbonyl (C=O) groups is 1. The molecule has 2 atom stereocenters. The third-order valence-electron chi connectivity index (χ3n) is 3.17. The van der Waals surface area contributed by atoms with Gasteiger partial charge in [0.05, 0.1) is 18.5 Å². The van der Waals surface area contributed by atoms with Crippen LogP contribution in [0.5, 0.6) is 0 Å². The Hall–Kier alpha value is -1.78. The molecule has 1 fully saturated rings. The molecule has 0 aromatic carbocycles. The van der Waals surface area contributed by atoms with E-state index >= 15 is 0 Å². The van der Waals surface area contributed by atoms with Gasteiger partial charge < -0.3 is 15.8 Å². The molecule has 2 unspecified atom stereocenters. The number of hydrogen-bond donors (Lipinski definition) is 2. The number of ether oxygens (including phenoxy) is 1. The maximum Gasteiger partial charge on any atom is 0.341 e. The largest absolute Gasteiger partial charge is 0.462 e. The fourth-order valence-electron chi connectivity index (χ4n) is 2.01. The molecule has 18 heavy (non-hydrogen) atoms. The van der Waals surface area contributed by atoms with E-state index < -0.39 is 0 Å². The van der Waals surface area contributed by atoms with Crippen LogP contribution in [0.1, 0.15) is 37.0 Å². The van der Waals surface area contributed by atoms with Gasteiger partial charge in [-0.05, 0) is 25.3 Å². The highest BCUT2D eigenvalue weighted by molar-refractivity contribution is 5.95. The first-order chi connectivity index (χ1) is 8.65. The Morgan fingerprint density at radius 2 is 2.39 bits per heavy atom. The smallest absolute Gasteiger partial charge is 0.341 e. The van der Waals surface area contributed by atoms with Gasteiger partial charge in [-0.25, -0.2) is 9.78 Å². The number of rotatable bonds is 5. The highest BCUT2D eigenvalue weighted by atomic mass is 16.5. The van der Waals surface area contributed by atoms with Crippen LogP contribution in [0.4, 0.5) is 11.5 Å². The summed E-state index contributed by atoms with van der Waals surface area (Å²) in [5.41, 5.74) is 6.54. The van der Waals surface area contributed by atoms with Crippen molar-refractivity contribution in [1.82, 2.24) is 4.98 Å². The zero-order valence-corrected chi connectivity index (χ0v) is 10.8. The van der Waals surface area contributed by atoms with Crippen LogP contribution in [0.25, 0.3) is 0 Å². The molecule has 1 aliphatic rings. The van der Waals surface area contributed by atoms with E-state index in [1.807, 2.05) is 0 Å². The Labute approximate surface area is 107 Å². The minimum Gasteiger partial charge on any atom is -0.462 e. The highest BCUT2D eigenvalue weighted by Crippen LogP contribution is 2.36. The Bertz CT molecular complexity index is 448. The average Bonchev–Trinajstić information content (AvgIpc) is 3.10. The molecule has 1 saturated carbocycles. The molecule has 0 spiro atoms. The van der Waals surface area contributed by atoms with Crippen molar-refractivity contribution in [3.8, 4) is 0 Å². The number of esters is 1. The zero-order chi connectivity index (χ0) is 13.1. The summed E-state index contributed by atoms with van der Waals surface area (Å²) >= 11 is 0. The molecule has 1 aromatic heterocycles. The number of carbonyl (C=O) groups excluding carboxylic acids is 1. The first-order valence-corrected chi connectivity index (χ1v) is 6.34. The second-order valence-corrected chi connectivity index (χ2v) is 4.54. The van der Waals surface area contributed by atoms with Crippen molar-refractivity contribution in [3.05, 3.63) is 17.8 Å². The summed E-state index contributed by atoms with van der Waals surface area (Å²) in [5.74, 6) is 0.872. The Balaban J connectivity index is 2.15. The van der Waals surface area contributed by atoms with Crippen LogP contribution in [-0.2, 0) is 4.74 Å². The van der Waals surface area contributed by atoms with E-state index in [-0.39, 0.29) is 5.97 Å². The molecule has 5 heteroatoms. The fourth-order valence-corrected chi connectivity index (χ4v) is 2.01. The van der Waals surface area contributed by atoms with Gasteiger partial charge in [0.2, 0.25) is 0 Å². The van der Waals surface area contributed by atoms with Gasteiger partial charge >= 0.3 is 5.97 Å². The van der Waals surface area contributed by atoms with Crippen molar-refractivity contribution in [2.24, 2.45) is 5.92 Å². The molecule has 1 aromatic rings. The average molecular weight is 249 g/mol. The van der Waals surface area contributed by atoms with Gasteiger partial charge in [-0.15, -0.1) is 0 Å². The van der Waals surface area contributed by atoms with Gasteiger partial charge in [-0.1, -0.05) is 13.3 Å². The van der Waals surface area contributed by atoms with Crippen LogP contribution < -0.4 is 11.1 Å². The van der Waals surface area contributed by atoms with Gasteiger partial charge in [0.1, 0.15) is 11.4 Å². The molecule has 5 nitrogen and oxygen atoms in total. The van der Waals surface area contributed by atoms with Gasteiger partial charge in [0, 0.05) is 6.04 Å². The summed E-state index contributed by atoms with van der Waals surface area (Å²) in [6.07, 6.45) is 3.82. The van der Waals surface area contributed by atoms with Crippen LogP contribution in [-0.4, -0.2) is 23.6 Å². The van der Waals surface area contributed by atoms with E-state index in [1.165, 1.54) is 0 Å². The minimum atomic E-state index is -0.381. The van der Waals surface area contributed by atoms with Crippen LogP contribution in [0.2, 0.25) is 0 Å². The lowest BCUT2D eigenvalue weighted by Crippen LogP contribution is -2.14. The van der Waals surface area contributed by atoms with Crippen molar-refractivity contribution in [3.63, 3.8) is 0 Å².